The largest absolute Gasteiger partial charge is 0.383 e. The Hall–Kier alpha value is -1.52. The van der Waals surface area contributed by atoms with Gasteiger partial charge in [-0.3, -0.25) is 9.89 Å². The first kappa shape index (κ1) is 13.9. The first-order valence-electron chi connectivity index (χ1n) is 6.97. The lowest BCUT2D eigenvalue weighted by Crippen LogP contribution is -2.39. The monoisotopic (exact) mass is 264 g/mol. The number of amides is 1. The number of carbonyl (C=O) groups excluding carboxylic acids is 1. The molecule has 1 aliphatic rings. The van der Waals surface area contributed by atoms with E-state index in [2.05, 4.69) is 36.3 Å². The molecule has 0 atom stereocenters. The first-order valence-corrected chi connectivity index (χ1v) is 6.97. The zero-order valence-electron chi connectivity index (χ0n) is 12.0. The fourth-order valence-electron chi connectivity index (χ4n) is 2.84. The topological polar surface area (TPSA) is 83.8 Å². The second kappa shape index (κ2) is 5.23. The Balaban J connectivity index is 1.86. The second-order valence-electron chi connectivity index (χ2n) is 6.59. The van der Waals surface area contributed by atoms with Crippen LogP contribution in [0, 0.1) is 11.3 Å². The summed E-state index contributed by atoms with van der Waals surface area (Å²) in [4.78, 5) is 12.0. The highest BCUT2D eigenvalue weighted by Gasteiger charge is 2.30. The predicted molar refractivity (Wildman–Crippen MR) is 75.7 cm³/mol. The molecule has 1 saturated carbocycles. The molecule has 1 amide bonds. The summed E-state index contributed by atoms with van der Waals surface area (Å²) in [5.41, 5.74) is 6.45. The molecule has 4 N–H and O–H groups in total. The van der Waals surface area contributed by atoms with Crippen LogP contribution in [0.1, 0.15) is 56.8 Å². The molecule has 1 fully saturated rings. The van der Waals surface area contributed by atoms with Gasteiger partial charge in [0.05, 0.1) is 6.20 Å². The van der Waals surface area contributed by atoms with Crippen molar-refractivity contribution >= 4 is 11.7 Å². The molecule has 0 aromatic carbocycles. The highest BCUT2D eigenvalue weighted by atomic mass is 16.1. The van der Waals surface area contributed by atoms with E-state index in [9.17, 15) is 4.79 Å². The lowest BCUT2D eigenvalue weighted by molar-refractivity contribution is 0.0905. The number of nitrogens with one attached hydrogen (secondary N) is 2. The summed E-state index contributed by atoms with van der Waals surface area (Å²) < 4.78 is 0. The number of H-pyrrole nitrogens is 1. The Labute approximate surface area is 114 Å². The molecule has 0 saturated heterocycles. The summed E-state index contributed by atoms with van der Waals surface area (Å²) >= 11 is 0. The summed E-state index contributed by atoms with van der Waals surface area (Å²) in [6.07, 6.45) is 5.92. The van der Waals surface area contributed by atoms with Crippen molar-refractivity contribution < 1.29 is 4.79 Å². The van der Waals surface area contributed by atoms with Crippen molar-refractivity contribution in [3.63, 3.8) is 0 Å². The molecule has 2 rings (SSSR count). The molecule has 0 aliphatic heterocycles. The number of carbonyl (C=O) groups is 1. The van der Waals surface area contributed by atoms with E-state index >= 15 is 0 Å². The van der Waals surface area contributed by atoms with Crippen molar-refractivity contribution in [2.45, 2.75) is 52.5 Å². The first-order chi connectivity index (χ1) is 8.88. The SMILES string of the molecule is CC(C)(C)C1CCC(NC(=O)c2cn[nH]c2N)CC1. The van der Waals surface area contributed by atoms with Gasteiger partial charge in [-0.05, 0) is 37.0 Å². The summed E-state index contributed by atoms with van der Waals surface area (Å²) in [5, 5.41) is 9.41. The number of anilines is 1. The van der Waals surface area contributed by atoms with Gasteiger partial charge in [0.15, 0.2) is 0 Å². The predicted octanol–water partition coefficient (Wildman–Crippen LogP) is 2.33. The Kier molecular flexibility index (Phi) is 3.83. The Bertz CT molecular complexity index is 439. The van der Waals surface area contributed by atoms with Crippen LogP contribution in [-0.4, -0.2) is 22.1 Å². The molecule has 1 aliphatic carbocycles. The van der Waals surface area contributed by atoms with Crippen molar-refractivity contribution in [3.05, 3.63) is 11.8 Å². The number of hydrogen-bond donors (Lipinski definition) is 3. The maximum absolute atomic E-state index is 12.0. The lowest BCUT2D eigenvalue weighted by Gasteiger charge is -2.37. The average molecular weight is 264 g/mol. The molecule has 0 spiro atoms. The van der Waals surface area contributed by atoms with Gasteiger partial charge >= 0.3 is 0 Å². The van der Waals surface area contributed by atoms with Crippen molar-refractivity contribution in [3.8, 4) is 0 Å². The number of nitrogens with zero attached hydrogens (tertiary/aromatic N) is 1. The normalized spacial score (nSPS) is 24.2. The number of aromatic amines is 1. The minimum absolute atomic E-state index is 0.120. The highest BCUT2D eigenvalue weighted by Crippen LogP contribution is 2.37. The molecular weight excluding hydrogens is 240 g/mol. The standard InChI is InChI=1S/C14H24N4O/c1-14(2,3)9-4-6-10(7-5-9)17-13(19)11-8-16-18-12(11)15/h8-10H,4-7H2,1-3H3,(H,17,19)(H3,15,16,18). The zero-order chi connectivity index (χ0) is 14.0. The van der Waals surface area contributed by atoms with Crippen molar-refractivity contribution in [1.82, 2.24) is 15.5 Å². The third-order valence-corrected chi connectivity index (χ3v) is 4.20. The maximum Gasteiger partial charge on any atom is 0.256 e. The van der Waals surface area contributed by atoms with E-state index in [-0.39, 0.29) is 11.9 Å². The summed E-state index contributed by atoms with van der Waals surface area (Å²) in [5.74, 6) is 0.964. The highest BCUT2D eigenvalue weighted by molar-refractivity contribution is 5.98. The van der Waals surface area contributed by atoms with Crippen LogP contribution < -0.4 is 11.1 Å². The van der Waals surface area contributed by atoms with Crippen LogP contribution in [-0.2, 0) is 0 Å². The molecule has 19 heavy (non-hydrogen) atoms. The van der Waals surface area contributed by atoms with Gasteiger partial charge in [0.2, 0.25) is 0 Å². The molecule has 1 aromatic heterocycles. The minimum atomic E-state index is -0.120. The molecule has 0 bridgehead atoms. The quantitative estimate of drug-likeness (QED) is 0.766. The fraction of sp³-hybridized carbons (Fsp3) is 0.714. The third kappa shape index (κ3) is 3.28. The number of nitrogen functional groups attached to an aromatic ring is 1. The van der Waals surface area contributed by atoms with Gasteiger partial charge < -0.3 is 11.1 Å². The minimum Gasteiger partial charge on any atom is -0.383 e. The van der Waals surface area contributed by atoms with Crippen LogP contribution in [0.4, 0.5) is 5.82 Å². The van der Waals surface area contributed by atoms with Gasteiger partial charge in [-0.15, -0.1) is 0 Å². The average Bonchev–Trinajstić information content (AvgIpc) is 2.75. The van der Waals surface area contributed by atoms with E-state index in [4.69, 9.17) is 5.73 Å². The van der Waals surface area contributed by atoms with Crippen LogP contribution in [0.3, 0.4) is 0 Å². The smallest absolute Gasteiger partial charge is 0.256 e. The van der Waals surface area contributed by atoms with Gasteiger partial charge in [-0.1, -0.05) is 20.8 Å². The van der Waals surface area contributed by atoms with Gasteiger partial charge in [0, 0.05) is 6.04 Å². The van der Waals surface area contributed by atoms with Crippen LogP contribution in [0.25, 0.3) is 0 Å². The summed E-state index contributed by atoms with van der Waals surface area (Å²) in [7, 11) is 0. The van der Waals surface area contributed by atoms with Crippen molar-refractivity contribution in [1.29, 1.82) is 0 Å². The number of hydrogen-bond acceptors (Lipinski definition) is 3. The number of rotatable bonds is 2. The Morgan fingerprint density at radius 1 is 1.37 bits per heavy atom. The van der Waals surface area contributed by atoms with E-state index in [1.165, 1.54) is 19.0 Å². The molecule has 0 radical (unpaired) electrons. The van der Waals surface area contributed by atoms with Crippen molar-refractivity contribution in [2.24, 2.45) is 11.3 Å². The van der Waals surface area contributed by atoms with Crippen LogP contribution in [0.5, 0.6) is 0 Å². The number of aromatic nitrogens is 2. The van der Waals surface area contributed by atoms with Crippen LogP contribution in [0.2, 0.25) is 0 Å². The number of nitrogens with two attached hydrogens (primary N) is 1. The van der Waals surface area contributed by atoms with E-state index in [1.807, 2.05) is 0 Å². The lowest BCUT2D eigenvalue weighted by atomic mass is 9.71. The van der Waals surface area contributed by atoms with Gasteiger partial charge in [-0.2, -0.15) is 5.10 Å². The van der Waals surface area contributed by atoms with Gasteiger partial charge in [-0.25, -0.2) is 0 Å². The van der Waals surface area contributed by atoms with E-state index in [1.54, 1.807) is 0 Å². The molecule has 5 nitrogen and oxygen atoms in total. The zero-order valence-corrected chi connectivity index (χ0v) is 12.0. The molecular formula is C14H24N4O. The molecule has 5 heteroatoms. The summed E-state index contributed by atoms with van der Waals surface area (Å²) in [6, 6.07) is 0.264. The van der Waals surface area contributed by atoms with Crippen LogP contribution >= 0.6 is 0 Å². The molecule has 1 heterocycles. The molecule has 0 unspecified atom stereocenters. The Morgan fingerprint density at radius 2 is 2.00 bits per heavy atom. The van der Waals surface area contributed by atoms with Crippen molar-refractivity contribution in [2.75, 3.05) is 5.73 Å². The third-order valence-electron chi connectivity index (χ3n) is 4.20. The maximum atomic E-state index is 12.0. The molecule has 1 aromatic rings. The van der Waals surface area contributed by atoms with Crippen LogP contribution in [0.15, 0.2) is 6.20 Å². The Morgan fingerprint density at radius 3 is 2.47 bits per heavy atom. The van der Waals surface area contributed by atoms with Gasteiger partial charge in [0.25, 0.3) is 5.91 Å². The fourth-order valence-corrected chi connectivity index (χ4v) is 2.84. The van der Waals surface area contributed by atoms with E-state index in [0.717, 1.165) is 18.8 Å². The van der Waals surface area contributed by atoms with E-state index in [0.29, 0.717) is 16.8 Å². The van der Waals surface area contributed by atoms with E-state index < -0.39 is 0 Å². The molecule has 106 valence electrons. The second-order valence-corrected chi connectivity index (χ2v) is 6.59. The van der Waals surface area contributed by atoms with Gasteiger partial charge in [0.1, 0.15) is 11.4 Å². The summed E-state index contributed by atoms with van der Waals surface area (Å²) in [6.45, 7) is 6.88.